The van der Waals surface area contributed by atoms with Crippen molar-refractivity contribution in [2.24, 2.45) is 10.9 Å². The Kier molecular flexibility index (Phi) is 6.79. The average Bonchev–Trinajstić information content (AvgIpc) is 3.02. The average molecular weight is 430 g/mol. The van der Waals surface area contributed by atoms with Crippen LogP contribution in [0.3, 0.4) is 0 Å². The molecule has 2 N–H and O–H groups in total. The summed E-state index contributed by atoms with van der Waals surface area (Å²) < 4.78 is 1.17. The van der Waals surface area contributed by atoms with Crippen LogP contribution < -0.4 is 10.6 Å². The summed E-state index contributed by atoms with van der Waals surface area (Å²) in [4.78, 5) is 4.20. The van der Waals surface area contributed by atoms with E-state index in [0.717, 1.165) is 25.0 Å². The zero-order valence-electron chi connectivity index (χ0n) is 9.70. The van der Waals surface area contributed by atoms with E-state index in [9.17, 15) is 0 Å². The molecule has 0 saturated heterocycles. The molecule has 0 radical (unpaired) electrons. The molecule has 2 rings (SSSR count). The van der Waals surface area contributed by atoms with Crippen LogP contribution in [0.4, 0.5) is 0 Å². The van der Waals surface area contributed by atoms with Gasteiger partial charge in [-0.1, -0.05) is 0 Å². The van der Waals surface area contributed by atoms with Gasteiger partial charge in [0.1, 0.15) is 0 Å². The van der Waals surface area contributed by atoms with Crippen LogP contribution in [0.25, 0.3) is 0 Å². The van der Waals surface area contributed by atoms with Gasteiger partial charge in [0.05, 0.1) is 3.79 Å². The van der Waals surface area contributed by atoms with Gasteiger partial charge in [-0.2, -0.15) is 0 Å². The highest BCUT2D eigenvalue weighted by Gasteiger charge is 2.20. The first-order valence-electron chi connectivity index (χ1n) is 5.45. The van der Waals surface area contributed by atoms with Gasteiger partial charge >= 0.3 is 0 Å². The Labute approximate surface area is 132 Å². The number of hydrogen-bond donors (Lipinski definition) is 2. The number of halogens is 2. The Hall–Kier alpha value is 0.180. The summed E-state index contributed by atoms with van der Waals surface area (Å²) in [5.41, 5.74) is 1.28. The lowest BCUT2D eigenvalue weighted by Crippen LogP contribution is -2.37. The maximum absolute atomic E-state index is 4.20. The number of nitrogens with one attached hydrogen (secondary N) is 2. The van der Waals surface area contributed by atoms with Gasteiger partial charge < -0.3 is 10.6 Å². The minimum absolute atomic E-state index is 0. The number of rotatable bonds is 4. The van der Waals surface area contributed by atoms with Gasteiger partial charge in [0.2, 0.25) is 0 Å². The SMILES string of the molecule is CN=C(NCc1csc(Br)c1)NCC1CC1.I. The van der Waals surface area contributed by atoms with Crippen molar-refractivity contribution in [2.75, 3.05) is 13.6 Å². The van der Waals surface area contributed by atoms with Crippen molar-refractivity contribution >= 4 is 57.2 Å². The Balaban J connectivity index is 0.00000144. The molecule has 96 valence electrons. The second-order valence-corrected chi connectivity index (χ2v) is 6.30. The first-order chi connectivity index (χ1) is 7.78. The number of hydrogen-bond acceptors (Lipinski definition) is 2. The summed E-state index contributed by atoms with van der Waals surface area (Å²) in [6.45, 7) is 1.87. The van der Waals surface area contributed by atoms with E-state index in [4.69, 9.17) is 0 Å². The van der Waals surface area contributed by atoms with Crippen molar-refractivity contribution in [1.82, 2.24) is 10.6 Å². The Morgan fingerprint density at radius 3 is 2.82 bits per heavy atom. The predicted molar refractivity (Wildman–Crippen MR) is 88.4 cm³/mol. The molecule has 1 fully saturated rings. The predicted octanol–water partition coefficient (Wildman–Crippen LogP) is 3.20. The van der Waals surface area contributed by atoms with Gasteiger partial charge in [-0.3, -0.25) is 4.99 Å². The van der Waals surface area contributed by atoms with Gasteiger partial charge in [-0.15, -0.1) is 35.3 Å². The summed E-state index contributed by atoms with van der Waals surface area (Å²) in [5.74, 6) is 1.77. The highest BCUT2D eigenvalue weighted by molar-refractivity contribution is 14.0. The molecule has 1 aromatic rings. The van der Waals surface area contributed by atoms with E-state index >= 15 is 0 Å². The van der Waals surface area contributed by atoms with Crippen molar-refractivity contribution in [2.45, 2.75) is 19.4 Å². The second kappa shape index (κ2) is 7.58. The zero-order chi connectivity index (χ0) is 11.4. The molecule has 0 atom stereocenters. The van der Waals surface area contributed by atoms with Gasteiger partial charge in [-0.05, 0) is 51.7 Å². The van der Waals surface area contributed by atoms with Crippen LogP contribution in [0.2, 0.25) is 0 Å². The quantitative estimate of drug-likeness (QED) is 0.438. The van der Waals surface area contributed by atoms with Crippen LogP contribution >= 0.6 is 51.2 Å². The number of nitrogens with zero attached hydrogens (tertiary/aromatic N) is 1. The molecule has 3 nitrogen and oxygen atoms in total. The number of aliphatic imine (C=N–C) groups is 1. The molecule has 0 bridgehead atoms. The molecular formula is C11H17BrIN3S. The van der Waals surface area contributed by atoms with E-state index in [2.05, 4.69) is 43.0 Å². The molecule has 0 spiro atoms. The van der Waals surface area contributed by atoms with Crippen LogP contribution in [-0.4, -0.2) is 19.6 Å². The van der Waals surface area contributed by atoms with Crippen molar-refractivity contribution in [1.29, 1.82) is 0 Å². The van der Waals surface area contributed by atoms with Gasteiger partial charge in [0, 0.05) is 20.1 Å². The van der Waals surface area contributed by atoms with E-state index in [1.54, 1.807) is 11.3 Å². The van der Waals surface area contributed by atoms with E-state index in [1.165, 1.54) is 22.2 Å². The first-order valence-corrected chi connectivity index (χ1v) is 7.12. The fourth-order valence-electron chi connectivity index (χ4n) is 1.41. The minimum atomic E-state index is 0. The highest BCUT2D eigenvalue weighted by atomic mass is 127. The second-order valence-electron chi connectivity index (χ2n) is 4.01. The first kappa shape index (κ1) is 15.2. The van der Waals surface area contributed by atoms with Crippen molar-refractivity contribution in [3.8, 4) is 0 Å². The highest BCUT2D eigenvalue weighted by Crippen LogP contribution is 2.27. The Bertz CT molecular complexity index is 377. The number of thiophene rings is 1. The third-order valence-corrected chi connectivity index (χ3v) is 4.11. The topological polar surface area (TPSA) is 36.4 Å². The molecule has 1 aliphatic rings. The Morgan fingerprint density at radius 1 is 1.53 bits per heavy atom. The van der Waals surface area contributed by atoms with Crippen LogP contribution in [0.5, 0.6) is 0 Å². The molecule has 6 heteroatoms. The fourth-order valence-corrected chi connectivity index (χ4v) is 2.62. The van der Waals surface area contributed by atoms with Gasteiger partial charge in [0.25, 0.3) is 0 Å². The largest absolute Gasteiger partial charge is 0.356 e. The normalized spacial score (nSPS) is 15.3. The van der Waals surface area contributed by atoms with Crippen LogP contribution in [0.1, 0.15) is 18.4 Å². The van der Waals surface area contributed by atoms with Crippen LogP contribution in [0.15, 0.2) is 20.2 Å². The molecule has 0 aliphatic heterocycles. The minimum Gasteiger partial charge on any atom is -0.356 e. The summed E-state index contributed by atoms with van der Waals surface area (Å²) in [6.07, 6.45) is 2.73. The molecule has 1 aromatic heterocycles. The summed E-state index contributed by atoms with van der Waals surface area (Å²) in [7, 11) is 1.81. The molecule has 0 aromatic carbocycles. The molecule has 0 unspecified atom stereocenters. The molecule has 1 aliphatic carbocycles. The van der Waals surface area contributed by atoms with E-state index in [-0.39, 0.29) is 24.0 Å². The molecule has 17 heavy (non-hydrogen) atoms. The van der Waals surface area contributed by atoms with Crippen molar-refractivity contribution in [3.63, 3.8) is 0 Å². The summed E-state index contributed by atoms with van der Waals surface area (Å²) in [6, 6.07) is 2.13. The molecule has 1 saturated carbocycles. The molecule has 0 amide bonds. The fraction of sp³-hybridized carbons (Fsp3) is 0.545. The smallest absolute Gasteiger partial charge is 0.191 e. The summed E-state index contributed by atoms with van der Waals surface area (Å²) >= 11 is 5.17. The summed E-state index contributed by atoms with van der Waals surface area (Å²) in [5, 5.41) is 8.79. The lowest BCUT2D eigenvalue weighted by Gasteiger charge is -2.10. The molecular weight excluding hydrogens is 413 g/mol. The molecule has 1 heterocycles. The maximum Gasteiger partial charge on any atom is 0.191 e. The standard InChI is InChI=1S/C11H16BrN3S.HI/c1-13-11(14-5-8-2-3-8)15-6-9-4-10(12)16-7-9;/h4,7-8H,2-3,5-6H2,1H3,(H2,13,14,15);1H. The third kappa shape index (κ3) is 5.56. The number of guanidine groups is 1. The van der Waals surface area contributed by atoms with Crippen LogP contribution in [0, 0.1) is 5.92 Å². The Morgan fingerprint density at radius 2 is 2.29 bits per heavy atom. The van der Waals surface area contributed by atoms with Crippen molar-refractivity contribution in [3.05, 3.63) is 20.8 Å². The van der Waals surface area contributed by atoms with Crippen molar-refractivity contribution < 1.29 is 0 Å². The van der Waals surface area contributed by atoms with E-state index < -0.39 is 0 Å². The van der Waals surface area contributed by atoms with E-state index in [1.807, 2.05) is 7.05 Å². The lowest BCUT2D eigenvalue weighted by atomic mass is 10.3. The monoisotopic (exact) mass is 429 g/mol. The third-order valence-electron chi connectivity index (χ3n) is 2.56. The van der Waals surface area contributed by atoms with E-state index in [0.29, 0.717) is 0 Å². The zero-order valence-corrected chi connectivity index (χ0v) is 14.4. The van der Waals surface area contributed by atoms with Gasteiger partial charge in [-0.25, -0.2) is 0 Å². The maximum atomic E-state index is 4.20. The van der Waals surface area contributed by atoms with Gasteiger partial charge in [0.15, 0.2) is 5.96 Å². The van der Waals surface area contributed by atoms with Crippen LogP contribution in [-0.2, 0) is 6.54 Å². The lowest BCUT2D eigenvalue weighted by molar-refractivity contribution is 0.738.